The molecule has 0 aliphatic heterocycles. The van der Waals surface area contributed by atoms with E-state index in [0.717, 1.165) is 16.6 Å². The van der Waals surface area contributed by atoms with Gasteiger partial charge in [0.15, 0.2) is 0 Å². The van der Waals surface area contributed by atoms with Crippen LogP contribution in [-0.2, 0) is 7.05 Å². The number of hydrogen-bond donors (Lipinski definition) is 1. The SMILES string of the molecule is Cc1ccc(C#N)nc1C(=O)Nc1ccc2cnn(-c3cnn(C)c3)c2c1. The molecule has 0 saturated heterocycles. The van der Waals surface area contributed by atoms with Gasteiger partial charge in [-0.05, 0) is 36.8 Å². The largest absolute Gasteiger partial charge is 0.321 e. The number of fused-ring (bicyclic) bond motifs is 1. The summed E-state index contributed by atoms with van der Waals surface area (Å²) >= 11 is 0. The highest BCUT2D eigenvalue weighted by molar-refractivity contribution is 6.04. The smallest absolute Gasteiger partial charge is 0.274 e. The van der Waals surface area contributed by atoms with Crippen molar-refractivity contribution in [2.75, 3.05) is 5.32 Å². The molecule has 4 aromatic rings. The molecule has 0 atom stereocenters. The maximum absolute atomic E-state index is 12.6. The lowest BCUT2D eigenvalue weighted by atomic mass is 10.1. The summed E-state index contributed by atoms with van der Waals surface area (Å²) in [5.74, 6) is -0.364. The first-order chi connectivity index (χ1) is 13.0. The molecule has 0 spiro atoms. The van der Waals surface area contributed by atoms with Crippen molar-refractivity contribution in [3.63, 3.8) is 0 Å². The number of hydrogen-bond acceptors (Lipinski definition) is 5. The number of nitrogens with one attached hydrogen (secondary N) is 1. The highest BCUT2D eigenvalue weighted by atomic mass is 16.1. The van der Waals surface area contributed by atoms with Crippen molar-refractivity contribution in [1.82, 2.24) is 24.5 Å². The second kappa shape index (κ2) is 6.38. The highest BCUT2D eigenvalue weighted by Gasteiger charge is 2.14. The molecule has 8 heteroatoms. The Morgan fingerprint density at radius 2 is 2.04 bits per heavy atom. The third kappa shape index (κ3) is 3.02. The van der Waals surface area contributed by atoms with Crippen molar-refractivity contribution in [3.8, 4) is 11.8 Å². The first-order valence-corrected chi connectivity index (χ1v) is 8.21. The molecule has 4 rings (SSSR count). The van der Waals surface area contributed by atoms with E-state index in [1.54, 1.807) is 46.9 Å². The van der Waals surface area contributed by atoms with Gasteiger partial charge in [0.1, 0.15) is 23.1 Å². The number of carbonyl (C=O) groups excluding carboxylic acids is 1. The van der Waals surface area contributed by atoms with Gasteiger partial charge >= 0.3 is 0 Å². The minimum absolute atomic E-state index is 0.204. The average molecular weight is 357 g/mol. The molecule has 3 aromatic heterocycles. The summed E-state index contributed by atoms with van der Waals surface area (Å²) in [6.45, 7) is 1.78. The number of anilines is 1. The molecule has 0 aliphatic rings. The second-order valence-corrected chi connectivity index (χ2v) is 6.13. The van der Waals surface area contributed by atoms with Gasteiger partial charge < -0.3 is 5.32 Å². The van der Waals surface area contributed by atoms with E-state index in [0.29, 0.717) is 11.3 Å². The zero-order valence-corrected chi connectivity index (χ0v) is 14.7. The van der Waals surface area contributed by atoms with E-state index < -0.39 is 0 Å². The second-order valence-electron chi connectivity index (χ2n) is 6.13. The number of nitriles is 1. The van der Waals surface area contributed by atoms with Crippen LogP contribution in [0.25, 0.3) is 16.6 Å². The molecule has 0 unspecified atom stereocenters. The molecule has 0 saturated carbocycles. The van der Waals surface area contributed by atoms with Gasteiger partial charge in [0, 0.05) is 18.1 Å². The van der Waals surface area contributed by atoms with Gasteiger partial charge in [-0.1, -0.05) is 6.07 Å². The van der Waals surface area contributed by atoms with Gasteiger partial charge in [0.05, 0.1) is 24.1 Å². The minimum atomic E-state index is -0.364. The summed E-state index contributed by atoms with van der Waals surface area (Å²) < 4.78 is 3.46. The summed E-state index contributed by atoms with van der Waals surface area (Å²) in [4.78, 5) is 16.7. The van der Waals surface area contributed by atoms with Crippen LogP contribution in [0.4, 0.5) is 5.69 Å². The number of benzene rings is 1. The Labute approximate surface area is 154 Å². The lowest BCUT2D eigenvalue weighted by Crippen LogP contribution is -2.15. The first-order valence-electron chi connectivity index (χ1n) is 8.21. The van der Waals surface area contributed by atoms with Crippen LogP contribution < -0.4 is 5.32 Å². The fraction of sp³-hybridized carbons (Fsp3) is 0.105. The fourth-order valence-electron chi connectivity index (χ4n) is 2.83. The van der Waals surface area contributed by atoms with Crippen LogP contribution >= 0.6 is 0 Å². The monoisotopic (exact) mass is 357 g/mol. The summed E-state index contributed by atoms with van der Waals surface area (Å²) in [5, 5.41) is 21.3. The standard InChI is InChI=1S/C19H15N7O/c1-12-3-5-15(8-20)23-18(12)19(27)24-14-6-4-13-9-22-26(17(13)7-14)16-10-21-25(2)11-16/h3-7,9-11H,1-2H3,(H,24,27). The Morgan fingerprint density at radius 1 is 1.19 bits per heavy atom. The van der Waals surface area contributed by atoms with Crippen molar-refractivity contribution in [1.29, 1.82) is 5.26 Å². The van der Waals surface area contributed by atoms with E-state index in [2.05, 4.69) is 20.5 Å². The highest BCUT2D eigenvalue weighted by Crippen LogP contribution is 2.22. The third-order valence-corrected chi connectivity index (χ3v) is 4.19. The van der Waals surface area contributed by atoms with Crippen molar-refractivity contribution >= 4 is 22.5 Å². The van der Waals surface area contributed by atoms with Crippen LogP contribution in [-0.4, -0.2) is 30.5 Å². The van der Waals surface area contributed by atoms with Crippen molar-refractivity contribution < 1.29 is 4.79 Å². The van der Waals surface area contributed by atoms with Crippen molar-refractivity contribution in [3.05, 3.63) is 65.9 Å². The number of carbonyl (C=O) groups is 1. The normalized spacial score (nSPS) is 10.7. The summed E-state index contributed by atoms with van der Waals surface area (Å²) in [7, 11) is 1.84. The Hall–Kier alpha value is -3.99. The fourth-order valence-corrected chi connectivity index (χ4v) is 2.83. The Morgan fingerprint density at radius 3 is 2.78 bits per heavy atom. The number of amides is 1. The Kier molecular flexibility index (Phi) is 3.90. The molecule has 132 valence electrons. The van der Waals surface area contributed by atoms with Gasteiger partial charge in [-0.3, -0.25) is 9.48 Å². The maximum Gasteiger partial charge on any atom is 0.274 e. The molecule has 1 amide bonds. The van der Waals surface area contributed by atoms with Crippen LogP contribution in [0.2, 0.25) is 0 Å². The van der Waals surface area contributed by atoms with E-state index in [4.69, 9.17) is 5.26 Å². The first kappa shape index (κ1) is 16.5. The van der Waals surface area contributed by atoms with Gasteiger partial charge in [0.25, 0.3) is 5.91 Å². The number of pyridine rings is 1. The summed E-state index contributed by atoms with van der Waals surface area (Å²) in [5.41, 5.74) is 3.42. The molecule has 0 bridgehead atoms. The molecule has 1 aromatic carbocycles. The Balaban J connectivity index is 1.69. The number of aryl methyl sites for hydroxylation is 2. The van der Waals surface area contributed by atoms with Gasteiger partial charge in [-0.2, -0.15) is 15.5 Å². The predicted octanol–water partition coefficient (Wildman–Crippen LogP) is 2.59. The van der Waals surface area contributed by atoms with E-state index in [-0.39, 0.29) is 17.3 Å². The number of aromatic nitrogens is 5. The molecular weight excluding hydrogens is 342 g/mol. The topological polar surface area (TPSA) is 101 Å². The lowest BCUT2D eigenvalue weighted by Gasteiger charge is -2.08. The van der Waals surface area contributed by atoms with Gasteiger partial charge in [-0.25, -0.2) is 9.67 Å². The molecular formula is C19H15N7O. The van der Waals surface area contributed by atoms with Crippen LogP contribution in [0.3, 0.4) is 0 Å². The van der Waals surface area contributed by atoms with E-state index in [1.165, 1.54) is 0 Å². The molecule has 27 heavy (non-hydrogen) atoms. The van der Waals surface area contributed by atoms with Gasteiger partial charge in [0.2, 0.25) is 0 Å². The van der Waals surface area contributed by atoms with E-state index in [9.17, 15) is 4.79 Å². The molecule has 0 fully saturated rings. The maximum atomic E-state index is 12.6. The van der Waals surface area contributed by atoms with Crippen LogP contribution in [0.15, 0.2) is 48.9 Å². The van der Waals surface area contributed by atoms with Crippen molar-refractivity contribution in [2.24, 2.45) is 7.05 Å². The molecule has 0 aliphatic carbocycles. The van der Waals surface area contributed by atoms with Crippen LogP contribution in [0, 0.1) is 18.3 Å². The molecule has 0 radical (unpaired) electrons. The Bertz CT molecular complexity index is 1210. The van der Waals surface area contributed by atoms with Crippen LogP contribution in [0.1, 0.15) is 21.7 Å². The zero-order valence-electron chi connectivity index (χ0n) is 14.7. The predicted molar refractivity (Wildman–Crippen MR) is 99.5 cm³/mol. The number of rotatable bonds is 3. The average Bonchev–Trinajstić information content (AvgIpc) is 3.27. The molecule has 1 N–H and O–H groups in total. The minimum Gasteiger partial charge on any atom is -0.321 e. The van der Waals surface area contributed by atoms with E-state index in [1.807, 2.05) is 31.4 Å². The van der Waals surface area contributed by atoms with Crippen molar-refractivity contribution in [2.45, 2.75) is 6.92 Å². The van der Waals surface area contributed by atoms with Crippen LogP contribution in [0.5, 0.6) is 0 Å². The third-order valence-electron chi connectivity index (χ3n) is 4.19. The lowest BCUT2D eigenvalue weighted by molar-refractivity contribution is 0.102. The zero-order chi connectivity index (χ0) is 19.0. The summed E-state index contributed by atoms with van der Waals surface area (Å²) in [6, 6.07) is 10.8. The molecule has 3 heterocycles. The van der Waals surface area contributed by atoms with E-state index >= 15 is 0 Å². The molecule has 8 nitrogen and oxygen atoms in total. The quantitative estimate of drug-likeness (QED) is 0.607. The number of nitrogens with zero attached hydrogens (tertiary/aromatic N) is 6. The van der Waals surface area contributed by atoms with Gasteiger partial charge in [-0.15, -0.1) is 0 Å². The summed E-state index contributed by atoms with van der Waals surface area (Å²) in [6.07, 6.45) is 5.34.